The van der Waals surface area contributed by atoms with Gasteiger partial charge in [-0.3, -0.25) is 0 Å². The minimum absolute atomic E-state index is 0.127. The monoisotopic (exact) mass is 449 g/mol. The van der Waals surface area contributed by atoms with Crippen molar-refractivity contribution in [1.29, 1.82) is 0 Å². The van der Waals surface area contributed by atoms with Gasteiger partial charge in [0.05, 0.1) is 11.5 Å². The molecular formula is C24H32ClNO3S. The summed E-state index contributed by atoms with van der Waals surface area (Å²) >= 11 is 8.01. The Hall–Kier alpha value is -1.56. The number of nitrogens with zero attached hydrogens (tertiary/aromatic N) is 1. The smallest absolute Gasteiger partial charge is 0.345 e. The lowest BCUT2D eigenvalue weighted by Gasteiger charge is -2.28. The van der Waals surface area contributed by atoms with Crippen LogP contribution in [0.5, 0.6) is 0 Å². The van der Waals surface area contributed by atoms with Gasteiger partial charge in [-0.15, -0.1) is 22.9 Å². The average Bonchev–Trinajstić information content (AvgIpc) is 3.36. The Labute approximate surface area is 188 Å². The molecule has 2 heterocycles. The predicted octanol–water partition coefficient (Wildman–Crippen LogP) is 6.27. The molecule has 0 radical (unpaired) electrons. The van der Waals surface area contributed by atoms with Crippen LogP contribution < -0.4 is 4.90 Å². The zero-order chi connectivity index (χ0) is 21.5. The molecule has 0 aliphatic carbocycles. The molecule has 0 spiro atoms. The van der Waals surface area contributed by atoms with Crippen molar-refractivity contribution in [3.8, 4) is 0 Å². The Morgan fingerprint density at radius 2 is 1.97 bits per heavy atom. The number of aliphatic hydroxyl groups excluding tert-OH is 1. The van der Waals surface area contributed by atoms with Crippen LogP contribution in [0.25, 0.3) is 0 Å². The minimum Gasteiger partial charge on any atom is -0.477 e. The van der Waals surface area contributed by atoms with Crippen LogP contribution >= 0.6 is 22.9 Å². The number of hydrogen-bond donors (Lipinski definition) is 2. The van der Waals surface area contributed by atoms with Crippen LogP contribution in [-0.2, 0) is 6.42 Å². The van der Waals surface area contributed by atoms with Gasteiger partial charge in [-0.25, -0.2) is 4.79 Å². The van der Waals surface area contributed by atoms with Crippen LogP contribution in [0.3, 0.4) is 0 Å². The quantitative estimate of drug-likeness (QED) is 0.313. The highest BCUT2D eigenvalue weighted by Gasteiger charge is 2.32. The number of aryl methyl sites for hydroxylation is 1. The molecule has 1 saturated heterocycles. The van der Waals surface area contributed by atoms with E-state index in [9.17, 15) is 9.90 Å². The summed E-state index contributed by atoms with van der Waals surface area (Å²) in [6, 6.07) is 12.2. The first kappa shape index (κ1) is 23.1. The van der Waals surface area contributed by atoms with Crippen LogP contribution in [0.2, 0.25) is 0 Å². The standard InChI is InChI=1S/C24H32ClNO3S/c1-2-3-4-8-22(27)17-9-11-18(12-10-17)26-16-15-20(25)21(26)7-5-6-19-13-14-23(30-19)24(28)29/h9-14,20-22,27H,2-8,15-16H2,1H3,(H,28,29)/t20-,21+,22?/m1/s1. The number of thiophene rings is 1. The van der Waals surface area contributed by atoms with Crippen molar-refractivity contribution in [3.05, 3.63) is 51.7 Å². The Balaban J connectivity index is 1.55. The molecular weight excluding hydrogens is 418 g/mol. The van der Waals surface area contributed by atoms with Gasteiger partial charge in [0, 0.05) is 23.2 Å². The van der Waals surface area contributed by atoms with Gasteiger partial charge in [0.25, 0.3) is 0 Å². The van der Waals surface area contributed by atoms with E-state index in [0.29, 0.717) is 4.88 Å². The molecule has 0 amide bonds. The molecule has 1 fully saturated rings. The fourth-order valence-electron chi connectivity index (χ4n) is 4.23. The average molecular weight is 450 g/mol. The van der Waals surface area contributed by atoms with Crippen molar-refractivity contribution in [2.75, 3.05) is 11.4 Å². The number of rotatable bonds is 11. The normalized spacial score (nSPS) is 19.9. The van der Waals surface area contributed by atoms with E-state index < -0.39 is 5.97 Å². The molecule has 1 aliphatic heterocycles. The maximum atomic E-state index is 11.0. The Kier molecular flexibility index (Phi) is 8.61. The third-order valence-electron chi connectivity index (χ3n) is 5.95. The lowest BCUT2D eigenvalue weighted by atomic mass is 10.0. The number of anilines is 1. The molecule has 164 valence electrons. The Bertz CT molecular complexity index is 807. The Morgan fingerprint density at radius 1 is 1.20 bits per heavy atom. The van der Waals surface area contributed by atoms with Crippen LogP contribution in [0.1, 0.15) is 78.1 Å². The highest BCUT2D eigenvalue weighted by atomic mass is 35.5. The summed E-state index contributed by atoms with van der Waals surface area (Å²) in [6.07, 6.45) is 7.62. The Morgan fingerprint density at radius 3 is 2.63 bits per heavy atom. The van der Waals surface area contributed by atoms with Gasteiger partial charge in [0.1, 0.15) is 4.88 Å². The van der Waals surface area contributed by atoms with Gasteiger partial charge >= 0.3 is 5.97 Å². The third-order valence-corrected chi connectivity index (χ3v) is 7.59. The summed E-state index contributed by atoms with van der Waals surface area (Å²) in [5.41, 5.74) is 2.15. The molecule has 3 rings (SSSR count). The second kappa shape index (κ2) is 11.2. The number of unbranched alkanes of at least 4 members (excludes halogenated alkanes) is 2. The van der Waals surface area contributed by atoms with Crippen molar-refractivity contribution >= 4 is 34.6 Å². The van der Waals surface area contributed by atoms with Crippen molar-refractivity contribution in [3.63, 3.8) is 0 Å². The first-order valence-corrected chi connectivity index (χ1v) is 12.3. The molecule has 6 heteroatoms. The summed E-state index contributed by atoms with van der Waals surface area (Å²) in [6.45, 7) is 3.12. The van der Waals surface area contributed by atoms with Gasteiger partial charge in [0.15, 0.2) is 0 Å². The largest absolute Gasteiger partial charge is 0.477 e. The number of carbonyl (C=O) groups is 1. The van der Waals surface area contributed by atoms with Gasteiger partial charge in [-0.2, -0.15) is 0 Å². The van der Waals surface area contributed by atoms with Crippen LogP contribution in [0, 0.1) is 0 Å². The molecule has 1 aromatic heterocycles. The first-order valence-electron chi connectivity index (χ1n) is 11.0. The topological polar surface area (TPSA) is 60.8 Å². The van der Waals surface area contributed by atoms with E-state index in [1.165, 1.54) is 11.3 Å². The van der Waals surface area contributed by atoms with Gasteiger partial charge in [-0.05, 0) is 61.9 Å². The summed E-state index contributed by atoms with van der Waals surface area (Å²) in [5.74, 6) is -0.854. The fourth-order valence-corrected chi connectivity index (χ4v) is 5.48. The first-order chi connectivity index (χ1) is 14.5. The number of aliphatic hydroxyl groups is 1. The molecule has 2 aromatic rings. The lowest BCUT2D eigenvalue weighted by Crippen LogP contribution is -2.33. The third kappa shape index (κ3) is 5.99. The maximum Gasteiger partial charge on any atom is 0.345 e. The molecule has 4 nitrogen and oxygen atoms in total. The minimum atomic E-state index is -0.854. The van der Waals surface area contributed by atoms with Gasteiger partial charge in [-0.1, -0.05) is 38.3 Å². The van der Waals surface area contributed by atoms with Crippen molar-refractivity contribution in [2.24, 2.45) is 0 Å². The van der Waals surface area contributed by atoms with Gasteiger partial charge < -0.3 is 15.1 Å². The zero-order valence-electron chi connectivity index (χ0n) is 17.6. The zero-order valence-corrected chi connectivity index (χ0v) is 19.2. The number of alkyl halides is 1. The van der Waals surface area contributed by atoms with E-state index in [1.807, 2.05) is 18.2 Å². The van der Waals surface area contributed by atoms with E-state index >= 15 is 0 Å². The number of carboxylic acids is 1. The SMILES string of the molecule is CCCCCC(O)c1ccc(N2CC[C@@H](Cl)[C@@H]2CCCc2ccc(C(=O)O)s2)cc1. The molecule has 1 aliphatic rings. The second-order valence-electron chi connectivity index (χ2n) is 8.13. The summed E-state index contributed by atoms with van der Waals surface area (Å²) in [5, 5.41) is 19.6. The molecule has 3 atom stereocenters. The number of benzene rings is 1. The second-order valence-corrected chi connectivity index (χ2v) is 9.86. The van der Waals surface area contributed by atoms with Crippen molar-refractivity contribution in [1.82, 2.24) is 0 Å². The molecule has 1 aromatic carbocycles. The lowest BCUT2D eigenvalue weighted by molar-refractivity contribution is 0.0702. The molecule has 2 N–H and O–H groups in total. The number of hydrogen-bond acceptors (Lipinski definition) is 4. The molecule has 30 heavy (non-hydrogen) atoms. The van der Waals surface area contributed by atoms with E-state index in [0.717, 1.165) is 74.0 Å². The van der Waals surface area contributed by atoms with E-state index in [4.69, 9.17) is 16.7 Å². The number of carboxylic acid groups (broad SMARTS) is 1. The maximum absolute atomic E-state index is 11.0. The number of halogens is 1. The van der Waals surface area contributed by atoms with Crippen LogP contribution in [0.4, 0.5) is 5.69 Å². The van der Waals surface area contributed by atoms with E-state index in [2.05, 4.69) is 24.0 Å². The predicted molar refractivity (Wildman–Crippen MR) is 125 cm³/mol. The van der Waals surface area contributed by atoms with Crippen molar-refractivity contribution < 1.29 is 15.0 Å². The summed E-state index contributed by atoms with van der Waals surface area (Å²) in [4.78, 5) is 15.0. The van der Waals surface area contributed by atoms with Gasteiger partial charge in [0.2, 0.25) is 0 Å². The summed E-state index contributed by atoms with van der Waals surface area (Å²) < 4.78 is 0. The van der Waals surface area contributed by atoms with Crippen LogP contribution in [0.15, 0.2) is 36.4 Å². The molecule has 0 saturated carbocycles. The van der Waals surface area contributed by atoms with Crippen LogP contribution in [-0.4, -0.2) is 34.1 Å². The molecule has 1 unspecified atom stereocenters. The summed E-state index contributed by atoms with van der Waals surface area (Å²) in [7, 11) is 0. The van der Waals surface area contributed by atoms with E-state index in [-0.39, 0.29) is 17.5 Å². The molecule has 0 bridgehead atoms. The van der Waals surface area contributed by atoms with Crippen molar-refractivity contribution in [2.45, 2.75) is 75.8 Å². The highest BCUT2D eigenvalue weighted by Crippen LogP contribution is 2.33. The number of aromatic carboxylic acids is 1. The fraction of sp³-hybridized carbons (Fsp3) is 0.542. The highest BCUT2D eigenvalue weighted by molar-refractivity contribution is 7.13. The van der Waals surface area contributed by atoms with E-state index in [1.54, 1.807) is 6.07 Å².